The predicted molar refractivity (Wildman–Crippen MR) is 35.4 cm³/mol. The third-order valence-electron chi connectivity index (χ3n) is 0.824. The van der Waals surface area contributed by atoms with Crippen molar-refractivity contribution in [3.8, 4) is 5.75 Å². The fraction of sp³-hybridized carbons (Fsp3) is 0.167. The van der Waals surface area contributed by atoms with Crippen molar-refractivity contribution >= 4 is 23.1 Å². The Bertz CT molecular complexity index is 159. The summed E-state index contributed by atoms with van der Waals surface area (Å²) in [4.78, 5) is 3.71. The molecule has 4 heteroatoms. The molecule has 0 N–H and O–H groups in total. The van der Waals surface area contributed by atoms with E-state index in [1.54, 1.807) is 25.4 Å². The Morgan fingerprint density at radius 1 is 1.60 bits per heavy atom. The van der Waals surface area contributed by atoms with E-state index in [1.807, 2.05) is 0 Å². The van der Waals surface area contributed by atoms with Crippen molar-refractivity contribution < 1.29 is 17.1 Å². The van der Waals surface area contributed by atoms with Crippen LogP contribution in [0.4, 0.5) is 0 Å². The fourth-order valence-corrected chi connectivity index (χ4v) is 0.427. The van der Waals surface area contributed by atoms with Gasteiger partial charge in [0.1, 0.15) is 0 Å². The zero-order valence-corrected chi connectivity index (χ0v) is 7.84. The van der Waals surface area contributed by atoms with Crippen LogP contribution in [0.5, 0.6) is 5.75 Å². The number of aromatic nitrogens is 1. The summed E-state index contributed by atoms with van der Waals surface area (Å²) in [6.07, 6.45) is 4.25. The maximum atomic E-state index is 4.83. The maximum absolute atomic E-state index is 4.83. The monoisotopic (exact) mass is 167 g/mol. The summed E-state index contributed by atoms with van der Waals surface area (Å²) in [7, 11) is 1.61. The molecule has 0 spiro atoms. The van der Waals surface area contributed by atoms with Gasteiger partial charge in [-0.15, -0.1) is 6.07 Å². The van der Waals surface area contributed by atoms with Crippen molar-refractivity contribution in [1.82, 2.24) is 4.98 Å². The van der Waals surface area contributed by atoms with Crippen LogP contribution in [-0.2, 0) is 0 Å². The Morgan fingerprint density at radius 2 is 2.30 bits per heavy atom. The quantitative estimate of drug-likeness (QED) is 0.342. The van der Waals surface area contributed by atoms with Gasteiger partial charge in [0.05, 0.1) is 7.11 Å². The Balaban J connectivity index is 0. The number of methoxy groups -OCH3 is 1. The molecule has 1 rings (SSSR count). The van der Waals surface area contributed by atoms with E-state index in [4.69, 9.17) is 4.74 Å². The molecule has 0 aliphatic carbocycles. The molecule has 0 unspecified atom stereocenters. The SMILES string of the molecule is COc1cc[c-]nc1.[Cl-].[Mg+2]. The Hall–Kier alpha value is 0.00623. The summed E-state index contributed by atoms with van der Waals surface area (Å²) < 4.78 is 4.83. The van der Waals surface area contributed by atoms with Gasteiger partial charge in [-0.05, 0) is 6.20 Å². The van der Waals surface area contributed by atoms with Gasteiger partial charge in [0.25, 0.3) is 0 Å². The van der Waals surface area contributed by atoms with Gasteiger partial charge in [-0.2, -0.15) is 6.07 Å². The van der Waals surface area contributed by atoms with Gasteiger partial charge < -0.3 is 22.1 Å². The largest absolute Gasteiger partial charge is 2.00 e. The van der Waals surface area contributed by atoms with Crippen LogP contribution in [0.15, 0.2) is 18.3 Å². The van der Waals surface area contributed by atoms with Crippen LogP contribution >= 0.6 is 0 Å². The molecule has 0 aliphatic rings. The smallest absolute Gasteiger partial charge is 1.00 e. The van der Waals surface area contributed by atoms with E-state index in [2.05, 4.69) is 11.2 Å². The fourth-order valence-electron chi connectivity index (χ4n) is 0.427. The van der Waals surface area contributed by atoms with Crippen molar-refractivity contribution in [2.75, 3.05) is 7.11 Å². The average Bonchev–Trinajstić information content (AvgIpc) is 1.90. The molecule has 0 bridgehead atoms. The average molecular weight is 168 g/mol. The second kappa shape index (κ2) is 7.12. The van der Waals surface area contributed by atoms with Crippen LogP contribution in [0.25, 0.3) is 0 Å². The molecule has 0 aromatic carbocycles. The van der Waals surface area contributed by atoms with Crippen LogP contribution in [0.3, 0.4) is 0 Å². The van der Waals surface area contributed by atoms with Crippen molar-refractivity contribution in [2.24, 2.45) is 0 Å². The first-order valence-electron chi connectivity index (χ1n) is 2.29. The first-order valence-corrected chi connectivity index (χ1v) is 2.29. The van der Waals surface area contributed by atoms with Gasteiger partial charge in [0.15, 0.2) is 0 Å². The third-order valence-corrected chi connectivity index (χ3v) is 0.824. The van der Waals surface area contributed by atoms with Crippen LogP contribution in [0.1, 0.15) is 0 Å². The maximum Gasteiger partial charge on any atom is 2.00 e. The first kappa shape index (κ1) is 12.7. The van der Waals surface area contributed by atoms with E-state index in [-0.39, 0.29) is 35.5 Å². The first-order chi connectivity index (χ1) is 3.93. The van der Waals surface area contributed by atoms with E-state index in [0.29, 0.717) is 0 Å². The molecule has 0 atom stereocenters. The minimum absolute atomic E-state index is 0. The molecule has 0 saturated carbocycles. The molecule has 0 radical (unpaired) electrons. The second-order valence-corrected chi connectivity index (χ2v) is 1.33. The molecule has 0 fully saturated rings. The summed E-state index contributed by atoms with van der Waals surface area (Å²) >= 11 is 0. The van der Waals surface area contributed by atoms with Crippen LogP contribution in [0.2, 0.25) is 0 Å². The number of hydrogen-bond donors (Lipinski definition) is 0. The number of ether oxygens (including phenoxy) is 1. The molecule has 1 aromatic heterocycles. The number of nitrogens with zero attached hydrogens (tertiary/aromatic N) is 1. The van der Waals surface area contributed by atoms with E-state index in [9.17, 15) is 0 Å². The van der Waals surface area contributed by atoms with Crippen LogP contribution < -0.4 is 17.1 Å². The zero-order chi connectivity index (χ0) is 5.82. The molecule has 1 aromatic rings. The van der Waals surface area contributed by atoms with Crippen molar-refractivity contribution in [3.63, 3.8) is 0 Å². The molecule has 1 heterocycles. The Kier molecular flexibility index (Phi) is 9.01. The molecule has 0 saturated heterocycles. The van der Waals surface area contributed by atoms with Gasteiger partial charge in [-0.25, -0.2) is 0 Å². The molecule has 50 valence electrons. The minimum atomic E-state index is 0. The van der Waals surface area contributed by atoms with E-state index < -0.39 is 0 Å². The predicted octanol–water partition coefficient (Wildman–Crippen LogP) is -2.49. The molecular weight excluding hydrogens is 162 g/mol. The molecular formula is C6H6ClMgNO. The summed E-state index contributed by atoms with van der Waals surface area (Å²) in [6.45, 7) is 0. The Labute approximate surface area is 82.6 Å². The van der Waals surface area contributed by atoms with Gasteiger partial charge in [-0.3, -0.25) is 0 Å². The minimum Gasteiger partial charge on any atom is -1.00 e. The normalized spacial score (nSPS) is 6.90. The summed E-state index contributed by atoms with van der Waals surface area (Å²) in [5.41, 5.74) is 0. The Morgan fingerprint density at radius 3 is 2.60 bits per heavy atom. The zero-order valence-electron chi connectivity index (χ0n) is 5.67. The third kappa shape index (κ3) is 3.93. The number of rotatable bonds is 1. The van der Waals surface area contributed by atoms with E-state index >= 15 is 0 Å². The summed E-state index contributed by atoms with van der Waals surface area (Å²) in [5, 5.41) is 0. The van der Waals surface area contributed by atoms with E-state index in [0.717, 1.165) is 5.75 Å². The molecule has 0 aliphatic heterocycles. The van der Waals surface area contributed by atoms with Crippen LogP contribution in [0, 0.1) is 6.20 Å². The number of pyridine rings is 1. The number of halogens is 1. The molecule has 2 nitrogen and oxygen atoms in total. The topological polar surface area (TPSA) is 22.1 Å². The van der Waals surface area contributed by atoms with Gasteiger partial charge >= 0.3 is 23.1 Å². The summed E-state index contributed by atoms with van der Waals surface area (Å²) in [5.74, 6) is 0.767. The summed E-state index contributed by atoms with van der Waals surface area (Å²) in [6, 6.07) is 3.51. The van der Waals surface area contributed by atoms with Gasteiger partial charge in [-0.1, -0.05) is 6.20 Å². The molecule has 0 amide bonds. The van der Waals surface area contributed by atoms with Gasteiger partial charge in [0.2, 0.25) is 0 Å². The van der Waals surface area contributed by atoms with Crippen LogP contribution in [-0.4, -0.2) is 35.1 Å². The van der Waals surface area contributed by atoms with E-state index in [1.165, 1.54) is 0 Å². The van der Waals surface area contributed by atoms with Crippen molar-refractivity contribution in [2.45, 2.75) is 0 Å². The number of hydrogen-bond acceptors (Lipinski definition) is 2. The second-order valence-electron chi connectivity index (χ2n) is 1.33. The van der Waals surface area contributed by atoms with Gasteiger partial charge in [0, 0.05) is 5.75 Å². The molecule has 10 heavy (non-hydrogen) atoms. The van der Waals surface area contributed by atoms with Crippen molar-refractivity contribution in [1.29, 1.82) is 0 Å². The van der Waals surface area contributed by atoms with Crippen molar-refractivity contribution in [3.05, 3.63) is 24.5 Å². The standard InChI is InChI=1S/C6H6NO.ClH.Mg/c1-8-6-3-2-4-7-5-6;;/h2-3,5H,1H3;1H;/q-1;;+2/p-1.